The van der Waals surface area contributed by atoms with E-state index in [0.29, 0.717) is 23.1 Å². The van der Waals surface area contributed by atoms with Crippen LogP contribution in [0.2, 0.25) is 5.15 Å². The molecule has 0 aliphatic heterocycles. The zero-order valence-electron chi connectivity index (χ0n) is 10.3. The van der Waals surface area contributed by atoms with Gasteiger partial charge in [-0.1, -0.05) is 11.6 Å². The number of ether oxygens (including phenoxy) is 1. The molecule has 0 spiro atoms. The Kier molecular flexibility index (Phi) is 4.30. The van der Waals surface area contributed by atoms with Crippen LogP contribution in [0.15, 0.2) is 36.7 Å². The number of hydrogen-bond donors (Lipinski definition) is 1. The first kappa shape index (κ1) is 13.3. The first-order valence-electron chi connectivity index (χ1n) is 5.57. The summed E-state index contributed by atoms with van der Waals surface area (Å²) < 4.78 is 5.01. The molecule has 0 fully saturated rings. The number of aromatic nitrogens is 2. The second kappa shape index (κ2) is 6.15. The van der Waals surface area contributed by atoms with Crippen LogP contribution >= 0.6 is 11.6 Å². The van der Waals surface area contributed by atoms with Gasteiger partial charge < -0.3 is 10.1 Å². The topological polar surface area (TPSA) is 64.1 Å². The van der Waals surface area contributed by atoms with Crippen molar-refractivity contribution >= 4 is 17.5 Å². The average molecular weight is 278 g/mol. The van der Waals surface area contributed by atoms with E-state index in [1.54, 1.807) is 25.4 Å². The molecule has 0 aliphatic rings. The summed E-state index contributed by atoms with van der Waals surface area (Å²) in [6.07, 6.45) is 3.12. The molecule has 0 bridgehead atoms. The number of nitrogens with one attached hydrogen (secondary N) is 1. The van der Waals surface area contributed by atoms with Crippen LogP contribution in [0.5, 0.6) is 5.88 Å². The number of nitrogens with zero attached hydrogens (tertiary/aromatic N) is 2. The third-order valence-electron chi connectivity index (χ3n) is 2.45. The molecule has 0 aliphatic carbocycles. The Bertz CT molecular complexity index is 590. The molecule has 0 saturated carbocycles. The lowest BCUT2D eigenvalue weighted by atomic mass is 10.2. The third kappa shape index (κ3) is 3.66. The van der Waals surface area contributed by atoms with Crippen molar-refractivity contribution in [2.75, 3.05) is 7.11 Å². The Balaban J connectivity index is 2.00. The van der Waals surface area contributed by atoms with Gasteiger partial charge in [-0.05, 0) is 23.8 Å². The van der Waals surface area contributed by atoms with Gasteiger partial charge in [0.25, 0.3) is 5.91 Å². The molecule has 19 heavy (non-hydrogen) atoms. The molecule has 1 amide bonds. The highest BCUT2D eigenvalue weighted by molar-refractivity contribution is 6.29. The van der Waals surface area contributed by atoms with Gasteiger partial charge in [-0.3, -0.25) is 4.79 Å². The van der Waals surface area contributed by atoms with Crippen LogP contribution in [0.4, 0.5) is 0 Å². The number of methoxy groups -OCH3 is 1. The monoisotopic (exact) mass is 277 g/mol. The van der Waals surface area contributed by atoms with Crippen LogP contribution < -0.4 is 10.1 Å². The highest BCUT2D eigenvalue weighted by Crippen LogP contribution is 2.09. The van der Waals surface area contributed by atoms with E-state index < -0.39 is 0 Å². The van der Waals surface area contributed by atoms with Gasteiger partial charge in [0.2, 0.25) is 5.88 Å². The average Bonchev–Trinajstić information content (AvgIpc) is 2.45. The Morgan fingerprint density at radius 2 is 2.11 bits per heavy atom. The molecule has 6 heteroatoms. The van der Waals surface area contributed by atoms with E-state index >= 15 is 0 Å². The predicted molar refractivity (Wildman–Crippen MR) is 71.2 cm³/mol. The SMILES string of the molecule is COc1cc(CNC(=O)c2ccnc(Cl)c2)ccn1. The number of halogens is 1. The van der Waals surface area contributed by atoms with E-state index in [4.69, 9.17) is 16.3 Å². The van der Waals surface area contributed by atoms with Gasteiger partial charge in [0.05, 0.1) is 7.11 Å². The zero-order valence-corrected chi connectivity index (χ0v) is 11.0. The van der Waals surface area contributed by atoms with Crippen molar-refractivity contribution in [3.63, 3.8) is 0 Å². The van der Waals surface area contributed by atoms with Crippen molar-refractivity contribution in [3.8, 4) is 5.88 Å². The third-order valence-corrected chi connectivity index (χ3v) is 2.66. The molecule has 1 N–H and O–H groups in total. The van der Waals surface area contributed by atoms with Gasteiger partial charge in [0.15, 0.2) is 0 Å². The van der Waals surface area contributed by atoms with E-state index in [2.05, 4.69) is 15.3 Å². The van der Waals surface area contributed by atoms with Gasteiger partial charge in [-0.2, -0.15) is 0 Å². The zero-order chi connectivity index (χ0) is 13.7. The lowest BCUT2D eigenvalue weighted by molar-refractivity contribution is 0.0950. The minimum absolute atomic E-state index is 0.208. The maximum absolute atomic E-state index is 11.9. The van der Waals surface area contributed by atoms with E-state index in [9.17, 15) is 4.79 Å². The molecule has 2 rings (SSSR count). The molecule has 0 unspecified atom stereocenters. The first-order chi connectivity index (χ1) is 9.19. The number of pyridine rings is 2. The summed E-state index contributed by atoms with van der Waals surface area (Å²) in [7, 11) is 1.55. The molecule has 98 valence electrons. The van der Waals surface area contributed by atoms with Crippen molar-refractivity contribution < 1.29 is 9.53 Å². The van der Waals surface area contributed by atoms with Gasteiger partial charge in [-0.25, -0.2) is 9.97 Å². The lowest BCUT2D eigenvalue weighted by Crippen LogP contribution is -2.22. The predicted octanol–water partition coefficient (Wildman–Crippen LogP) is 2.07. The first-order valence-corrected chi connectivity index (χ1v) is 5.95. The van der Waals surface area contributed by atoms with Crippen LogP contribution in [-0.4, -0.2) is 23.0 Å². The van der Waals surface area contributed by atoms with Crippen molar-refractivity contribution in [2.45, 2.75) is 6.54 Å². The molecule has 0 saturated heterocycles. The molecular formula is C13H12ClN3O2. The normalized spacial score (nSPS) is 10.0. The Labute approximate surface area is 115 Å². The van der Waals surface area contributed by atoms with Crippen molar-refractivity contribution in [2.24, 2.45) is 0 Å². The Morgan fingerprint density at radius 1 is 1.32 bits per heavy atom. The van der Waals surface area contributed by atoms with Gasteiger partial charge in [0.1, 0.15) is 5.15 Å². The molecule has 2 heterocycles. The van der Waals surface area contributed by atoms with Crippen molar-refractivity contribution in [3.05, 3.63) is 52.9 Å². The fraction of sp³-hybridized carbons (Fsp3) is 0.154. The smallest absolute Gasteiger partial charge is 0.251 e. The van der Waals surface area contributed by atoms with Crippen LogP contribution in [0.1, 0.15) is 15.9 Å². The van der Waals surface area contributed by atoms with E-state index in [-0.39, 0.29) is 5.91 Å². The maximum atomic E-state index is 11.9. The Hall–Kier alpha value is -2.14. The van der Waals surface area contributed by atoms with Crippen LogP contribution in [0.3, 0.4) is 0 Å². The molecule has 2 aromatic heterocycles. The fourth-order valence-electron chi connectivity index (χ4n) is 1.50. The summed E-state index contributed by atoms with van der Waals surface area (Å²) in [5, 5.41) is 3.08. The molecule has 0 atom stereocenters. The summed E-state index contributed by atoms with van der Waals surface area (Å²) in [6, 6.07) is 6.69. The molecule has 5 nitrogen and oxygen atoms in total. The van der Waals surface area contributed by atoms with Crippen LogP contribution in [-0.2, 0) is 6.54 Å². The number of hydrogen-bond acceptors (Lipinski definition) is 4. The van der Waals surface area contributed by atoms with Gasteiger partial charge in [0, 0.05) is 30.6 Å². The fourth-order valence-corrected chi connectivity index (χ4v) is 1.67. The lowest BCUT2D eigenvalue weighted by Gasteiger charge is -2.06. The number of carbonyl (C=O) groups is 1. The Morgan fingerprint density at radius 3 is 2.84 bits per heavy atom. The number of rotatable bonds is 4. The molecule has 2 aromatic rings. The van der Waals surface area contributed by atoms with E-state index in [1.165, 1.54) is 12.3 Å². The summed E-state index contributed by atoms with van der Waals surface area (Å²) in [4.78, 5) is 19.7. The van der Waals surface area contributed by atoms with Crippen LogP contribution in [0.25, 0.3) is 0 Å². The largest absolute Gasteiger partial charge is 0.481 e. The van der Waals surface area contributed by atoms with Gasteiger partial charge in [-0.15, -0.1) is 0 Å². The summed E-state index contributed by atoms with van der Waals surface area (Å²) in [6.45, 7) is 0.387. The summed E-state index contributed by atoms with van der Waals surface area (Å²) in [5.41, 5.74) is 1.38. The highest BCUT2D eigenvalue weighted by Gasteiger charge is 2.06. The minimum Gasteiger partial charge on any atom is -0.481 e. The number of carbonyl (C=O) groups excluding carboxylic acids is 1. The standard InChI is InChI=1S/C13H12ClN3O2/c1-19-12-6-9(2-4-16-12)8-17-13(18)10-3-5-15-11(14)7-10/h2-7H,8H2,1H3,(H,17,18). The van der Waals surface area contributed by atoms with E-state index in [1.807, 2.05) is 6.07 Å². The highest BCUT2D eigenvalue weighted by atomic mass is 35.5. The second-order valence-electron chi connectivity index (χ2n) is 3.76. The second-order valence-corrected chi connectivity index (χ2v) is 4.14. The summed E-state index contributed by atoms with van der Waals surface area (Å²) >= 11 is 5.73. The van der Waals surface area contributed by atoms with Gasteiger partial charge >= 0.3 is 0 Å². The van der Waals surface area contributed by atoms with Crippen molar-refractivity contribution in [1.82, 2.24) is 15.3 Å². The quantitative estimate of drug-likeness (QED) is 0.869. The molecule has 0 radical (unpaired) electrons. The van der Waals surface area contributed by atoms with E-state index in [0.717, 1.165) is 5.56 Å². The molecular weight excluding hydrogens is 266 g/mol. The minimum atomic E-state index is -0.208. The molecule has 0 aromatic carbocycles. The summed E-state index contributed by atoms with van der Waals surface area (Å²) in [5.74, 6) is 0.304. The maximum Gasteiger partial charge on any atom is 0.251 e. The number of amides is 1. The van der Waals surface area contributed by atoms with Crippen LogP contribution in [0, 0.1) is 0 Å². The van der Waals surface area contributed by atoms with Crippen molar-refractivity contribution in [1.29, 1.82) is 0 Å².